The second-order valence-electron chi connectivity index (χ2n) is 15.9. The molecule has 0 amide bonds. The van der Waals surface area contributed by atoms with Gasteiger partial charge in [0.05, 0.1) is 27.1 Å². The van der Waals surface area contributed by atoms with Gasteiger partial charge in [0.2, 0.25) is 11.6 Å². The largest absolute Gasteiger partial charge is 0.497 e. The van der Waals surface area contributed by atoms with Crippen LogP contribution in [0.25, 0.3) is 11.1 Å². The Labute approximate surface area is 346 Å². The summed E-state index contributed by atoms with van der Waals surface area (Å²) in [5, 5.41) is 8.18. The summed E-state index contributed by atoms with van der Waals surface area (Å²) in [6, 6.07) is 22.6. The molecule has 3 aliphatic carbocycles. The van der Waals surface area contributed by atoms with E-state index in [4.69, 9.17) is 19.1 Å². The lowest BCUT2D eigenvalue weighted by atomic mass is 9.70. The van der Waals surface area contributed by atoms with Crippen molar-refractivity contribution in [3.05, 3.63) is 117 Å². The number of hydrogen-bond donors (Lipinski definition) is 0. The highest BCUT2D eigenvalue weighted by atomic mass is 16.7. The molecule has 59 heavy (non-hydrogen) atoms. The topological polar surface area (TPSA) is 130 Å². The molecule has 306 valence electrons. The van der Waals surface area contributed by atoms with Crippen LogP contribution < -0.4 is 9.47 Å². The Morgan fingerprint density at radius 3 is 1.34 bits per heavy atom. The minimum absolute atomic E-state index is 0.00711. The molecule has 10 heteroatoms. The minimum atomic E-state index is -0.561. The van der Waals surface area contributed by atoms with Crippen molar-refractivity contribution in [3.8, 4) is 22.6 Å². The third kappa shape index (κ3) is 8.77. The maximum absolute atomic E-state index is 13.9. The van der Waals surface area contributed by atoms with E-state index < -0.39 is 11.9 Å². The van der Waals surface area contributed by atoms with Crippen molar-refractivity contribution < 1.29 is 38.3 Å². The summed E-state index contributed by atoms with van der Waals surface area (Å²) < 4.78 is 10.4. The monoisotopic (exact) mass is 796 g/mol. The van der Waals surface area contributed by atoms with Crippen molar-refractivity contribution in [2.45, 2.75) is 109 Å². The molecule has 0 fully saturated rings. The molecule has 4 aromatic carbocycles. The van der Waals surface area contributed by atoms with Gasteiger partial charge in [0.15, 0.2) is 0 Å². The zero-order valence-electron chi connectivity index (χ0n) is 34.5. The molecule has 3 aliphatic rings. The number of fused-ring (bicyclic) bond motifs is 5. The molecule has 0 atom stereocenters. The fourth-order valence-corrected chi connectivity index (χ4v) is 8.83. The maximum atomic E-state index is 13.9. The zero-order chi connectivity index (χ0) is 41.5. The Morgan fingerprint density at radius 1 is 0.559 bits per heavy atom. The van der Waals surface area contributed by atoms with Crippen LogP contribution in [0, 0.1) is 0 Å². The molecule has 0 spiro atoms. The Bertz CT molecular complexity index is 2140. The molecule has 0 bridgehead atoms. The van der Waals surface area contributed by atoms with Crippen LogP contribution in [0.4, 0.5) is 0 Å². The van der Waals surface area contributed by atoms with Gasteiger partial charge in [-0.1, -0.05) is 112 Å². The normalized spacial score (nSPS) is 15.9. The highest BCUT2D eigenvalue weighted by molar-refractivity contribution is 6.50. The van der Waals surface area contributed by atoms with E-state index in [1.54, 1.807) is 62.8 Å². The zero-order valence-corrected chi connectivity index (χ0v) is 34.5. The van der Waals surface area contributed by atoms with Crippen molar-refractivity contribution in [2.75, 3.05) is 14.2 Å². The summed E-state index contributed by atoms with van der Waals surface area (Å²) in [5.74, 6) is -0.289. The van der Waals surface area contributed by atoms with E-state index in [0.29, 0.717) is 22.6 Å². The molecule has 0 N–H and O–H groups in total. The lowest BCUT2D eigenvalue weighted by Crippen LogP contribution is -2.26. The van der Waals surface area contributed by atoms with Gasteiger partial charge in [-0.15, -0.1) is 0 Å². The first-order valence-corrected chi connectivity index (χ1v) is 20.9. The van der Waals surface area contributed by atoms with Crippen LogP contribution in [0.1, 0.15) is 132 Å². The van der Waals surface area contributed by atoms with Crippen LogP contribution in [0.15, 0.2) is 83.1 Å². The first-order chi connectivity index (χ1) is 28.7. The van der Waals surface area contributed by atoms with Gasteiger partial charge in [-0.25, -0.2) is 9.59 Å². The van der Waals surface area contributed by atoms with E-state index >= 15 is 0 Å². The lowest BCUT2D eigenvalue weighted by molar-refractivity contribution is -0.143. The Kier molecular flexibility index (Phi) is 12.8. The quantitative estimate of drug-likeness (QED) is 0.0553. The molecular formula is C49H52N2O8. The number of carbonyl (C=O) groups excluding carboxylic acids is 4. The van der Waals surface area contributed by atoms with Crippen molar-refractivity contribution >= 4 is 34.9 Å². The van der Waals surface area contributed by atoms with Gasteiger partial charge < -0.3 is 19.1 Å². The number of Topliss-reactive ketones (excluding diaryl/α,β-unsaturated/α-hetero) is 2. The average molecular weight is 797 g/mol. The number of carbonyl (C=O) groups is 4. The predicted molar refractivity (Wildman–Crippen MR) is 227 cm³/mol. The van der Waals surface area contributed by atoms with E-state index in [1.807, 2.05) is 12.1 Å². The lowest BCUT2D eigenvalue weighted by Gasteiger charge is -2.33. The third-order valence-corrected chi connectivity index (χ3v) is 12.0. The summed E-state index contributed by atoms with van der Waals surface area (Å²) >= 11 is 0. The van der Waals surface area contributed by atoms with Crippen LogP contribution in [-0.4, -0.2) is 49.1 Å². The molecule has 0 aromatic heterocycles. The Hall–Kier alpha value is -5.90. The highest BCUT2D eigenvalue weighted by Gasteiger charge is 2.46. The molecule has 4 aromatic rings. The smallest absolute Gasteiger partial charge is 0.339 e. The minimum Gasteiger partial charge on any atom is -0.497 e. The summed E-state index contributed by atoms with van der Waals surface area (Å²) in [4.78, 5) is 63.9. The van der Waals surface area contributed by atoms with E-state index in [0.717, 1.165) is 97.6 Å². The number of hydrogen-bond acceptors (Lipinski definition) is 10. The van der Waals surface area contributed by atoms with E-state index in [9.17, 15) is 19.2 Å². The van der Waals surface area contributed by atoms with Crippen molar-refractivity contribution in [1.29, 1.82) is 0 Å². The fourth-order valence-electron chi connectivity index (χ4n) is 8.83. The van der Waals surface area contributed by atoms with Gasteiger partial charge in [-0.05, 0) is 93.7 Å². The Morgan fingerprint density at radius 2 is 0.966 bits per heavy atom. The van der Waals surface area contributed by atoms with Gasteiger partial charge in [-0.3, -0.25) is 9.59 Å². The van der Waals surface area contributed by atoms with Crippen molar-refractivity contribution in [2.24, 2.45) is 10.3 Å². The van der Waals surface area contributed by atoms with Crippen molar-refractivity contribution in [3.63, 3.8) is 0 Å². The molecule has 0 heterocycles. The van der Waals surface area contributed by atoms with Crippen LogP contribution in [-0.2, 0) is 50.4 Å². The number of oxime groups is 2. The van der Waals surface area contributed by atoms with E-state index in [2.05, 4.69) is 36.3 Å². The summed E-state index contributed by atoms with van der Waals surface area (Å²) in [6.07, 6.45) is 11.3. The molecular weight excluding hydrogens is 745 g/mol. The van der Waals surface area contributed by atoms with Gasteiger partial charge >= 0.3 is 11.9 Å². The molecule has 0 saturated carbocycles. The number of unbranched alkanes of at least 4 members (excludes halogenated alkanes) is 6. The molecule has 0 saturated heterocycles. The molecule has 10 nitrogen and oxygen atoms in total. The number of benzene rings is 4. The predicted octanol–water partition coefficient (Wildman–Crippen LogP) is 9.67. The van der Waals surface area contributed by atoms with Crippen LogP contribution in [0.2, 0.25) is 0 Å². The van der Waals surface area contributed by atoms with Crippen LogP contribution >= 0.6 is 0 Å². The van der Waals surface area contributed by atoms with Gasteiger partial charge in [0.25, 0.3) is 0 Å². The second-order valence-corrected chi connectivity index (χ2v) is 15.9. The number of ether oxygens (including phenoxy) is 2. The fraction of sp³-hybridized carbons (Fsp3) is 0.388. The molecule has 0 aliphatic heterocycles. The maximum Gasteiger partial charge on any atom is 0.339 e. The second kappa shape index (κ2) is 18.4. The summed E-state index contributed by atoms with van der Waals surface area (Å²) in [6.45, 7) is 4.43. The average Bonchev–Trinajstić information content (AvgIpc) is 3.83. The standard InChI is InChI=1S/C49H52N2O8/c1-5-7-9-11-21-49(22-12-10-8-6-2)41-25-33-27-43(50-58-45(52)23-31-13-17-35(56-3)18-14-31)47(54)37(33)29-39(41)40-30-38-34(26-42(40)49)28-44(48(38)55)51-59-46(53)24-32-15-19-36(57-4)20-16-32/h13-20,25-26,29-30H,5-12,21-24,27-28H2,1-4H3/b50-43-,51-44+. The van der Waals surface area contributed by atoms with Crippen molar-refractivity contribution in [1.82, 2.24) is 0 Å². The number of nitrogens with zero attached hydrogens (tertiary/aromatic N) is 2. The van der Waals surface area contributed by atoms with Gasteiger partial charge in [0, 0.05) is 29.4 Å². The Balaban J connectivity index is 1.19. The first kappa shape index (κ1) is 41.3. The molecule has 0 radical (unpaired) electrons. The van der Waals surface area contributed by atoms with Crippen LogP contribution in [0.3, 0.4) is 0 Å². The summed E-state index contributed by atoms with van der Waals surface area (Å²) in [5.41, 5.74) is 8.61. The van der Waals surface area contributed by atoms with Gasteiger partial charge in [0.1, 0.15) is 22.9 Å². The third-order valence-electron chi connectivity index (χ3n) is 12.0. The van der Waals surface area contributed by atoms with Gasteiger partial charge in [-0.2, -0.15) is 0 Å². The molecule has 0 unspecified atom stereocenters. The highest BCUT2D eigenvalue weighted by Crippen LogP contribution is 2.56. The van der Waals surface area contributed by atoms with Crippen LogP contribution in [0.5, 0.6) is 11.5 Å². The molecule has 7 rings (SSSR count). The van der Waals surface area contributed by atoms with E-state index in [1.165, 1.54) is 11.1 Å². The number of ketones is 2. The van der Waals surface area contributed by atoms with E-state index in [-0.39, 0.29) is 54.1 Å². The SMILES string of the molecule is CCCCCCC1(CCCCCC)c2cc3c(cc2-c2cc4c(cc21)C/C(=N\OC(=O)Cc1ccc(OC)cc1)C4=O)C(=O)/C(=N\OC(=O)Cc1ccc(OC)cc1)C3. The first-order valence-electron chi connectivity index (χ1n) is 20.9. The number of rotatable bonds is 18. The number of methoxy groups -OCH3 is 2. The summed E-state index contributed by atoms with van der Waals surface area (Å²) in [7, 11) is 3.16.